The van der Waals surface area contributed by atoms with Gasteiger partial charge in [0.2, 0.25) is 0 Å². The quantitative estimate of drug-likeness (QED) is 0.117. The van der Waals surface area contributed by atoms with E-state index in [0.717, 1.165) is 44.4 Å². The lowest BCUT2D eigenvalue weighted by molar-refractivity contribution is -0.161. The maximum Gasteiger partial charge on any atom is 0.306 e. The summed E-state index contributed by atoms with van der Waals surface area (Å²) in [4.78, 5) is 23.9. The van der Waals surface area contributed by atoms with Gasteiger partial charge in [0.1, 0.15) is 6.61 Å². The van der Waals surface area contributed by atoms with Crippen LogP contribution in [0.15, 0.2) is 0 Å². The largest absolute Gasteiger partial charge is 0.462 e. The van der Waals surface area contributed by atoms with Crippen molar-refractivity contribution in [3.05, 3.63) is 0 Å². The van der Waals surface area contributed by atoms with Crippen LogP contribution in [0.5, 0.6) is 0 Å². The second-order valence-corrected chi connectivity index (χ2v) is 9.73. The Kier molecular flexibility index (Phi) is 23.2. The first-order chi connectivity index (χ1) is 16.0. The van der Waals surface area contributed by atoms with E-state index in [-0.39, 0.29) is 25.2 Å². The van der Waals surface area contributed by atoms with Crippen LogP contribution < -0.4 is 0 Å². The Labute approximate surface area is 204 Å². The highest BCUT2D eigenvalue weighted by Crippen LogP contribution is 2.15. The Balaban J connectivity index is 3.64. The summed E-state index contributed by atoms with van der Waals surface area (Å²) in [6.07, 6.45) is 20.1. The molecule has 0 aromatic rings. The minimum absolute atomic E-state index is 0.0608. The molecular weight excluding hydrogens is 416 g/mol. The SMILES string of the molecule is CCCCCCCCCCCC(=O)OC[C@H](CO)OC(=O)CCCCCCCCC(C)CC. The highest BCUT2D eigenvalue weighted by Gasteiger charge is 2.16. The van der Waals surface area contributed by atoms with Crippen LogP contribution in [0.3, 0.4) is 0 Å². The number of aliphatic hydroxyl groups is 1. The highest BCUT2D eigenvalue weighted by atomic mass is 16.6. The summed E-state index contributed by atoms with van der Waals surface area (Å²) >= 11 is 0. The molecule has 0 saturated heterocycles. The van der Waals surface area contributed by atoms with Crippen LogP contribution in [0.1, 0.15) is 143 Å². The van der Waals surface area contributed by atoms with Crippen LogP contribution in [0, 0.1) is 5.92 Å². The van der Waals surface area contributed by atoms with E-state index in [2.05, 4.69) is 20.8 Å². The summed E-state index contributed by atoms with van der Waals surface area (Å²) in [5, 5.41) is 9.42. The monoisotopic (exact) mass is 470 g/mol. The summed E-state index contributed by atoms with van der Waals surface area (Å²) in [7, 11) is 0. The fourth-order valence-electron chi connectivity index (χ4n) is 3.88. The Morgan fingerprint density at radius 3 is 1.70 bits per heavy atom. The molecule has 5 nitrogen and oxygen atoms in total. The Morgan fingerprint density at radius 1 is 0.697 bits per heavy atom. The minimum atomic E-state index is -0.759. The molecule has 0 aliphatic carbocycles. The lowest BCUT2D eigenvalue weighted by Crippen LogP contribution is -2.28. The summed E-state index contributed by atoms with van der Waals surface area (Å²) in [6, 6.07) is 0. The van der Waals surface area contributed by atoms with Crippen LogP contribution in [0.4, 0.5) is 0 Å². The molecule has 33 heavy (non-hydrogen) atoms. The minimum Gasteiger partial charge on any atom is -0.462 e. The van der Waals surface area contributed by atoms with Gasteiger partial charge in [-0.25, -0.2) is 0 Å². The number of hydrogen-bond donors (Lipinski definition) is 1. The second kappa shape index (κ2) is 24.0. The van der Waals surface area contributed by atoms with Crippen molar-refractivity contribution in [2.75, 3.05) is 13.2 Å². The van der Waals surface area contributed by atoms with Crippen molar-refractivity contribution in [2.24, 2.45) is 5.92 Å². The van der Waals surface area contributed by atoms with Gasteiger partial charge in [0, 0.05) is 12.8 Å². The molecule has 0 aromatic carbocycles. The number of hydrogen-bond acceptors (Lipinski definition) is 5. The van der Waals surface area contributed by atoms with Crippen molar-refractivity contribution in [3.8, 4) is 0 Å². The van der Waals surface area contributed by atoms with Crippen LogP contribution in [-0.2, 0) is 19.1 Å². The number of carbonyl (C=O) groups is 2. The van der Waals surface area contributed by atoms with E-state index in [4.69, 9.17) is 9.47 Å². The molecule has 0 amide bonds. The average Bonchev–Trinajstić information content (AvgIpc) is 2.81. The molecule has 196 valence electrons. The Bertz CT molecular complexity index is 452. The Morgan fingerprint density at radius 2 is 1.18 bits per heavy atom. The molecular formula is C28H54O5. The number of rotatable bonds is 24. The first-order valence-electron chi connectivity index (χ1n) is 14.0. The van der Waals surface area contributed by atoms with Crippen LogP contribution >= 0.6 is 0 Å². The number of aliphatic hydroxyl groups excluding tert-OH is 1. The molecule has 5 heteroatoms. The summed E-state index contributed by atoms with van der Waals surface area (Å²) in [5.41, 5.74) is 0. The zero-order valence-corrected chi connectivity index (χ0v) is 22.1. The molecule has 0 aliphatic heterocycles. The maximum absolute atomic E-state index is 12.0. The maximum atomic E-state index is 12.0. The van der Waals surface area contributed by atoms with Gasteiger partial charge in [0.15, 0.2) is 6.10 Å². The molecule has 2 atom stereocenters. The fourth-order valence-corrected chi connectivity index (χ4v) is 3.88. The van der Waals surface area contributed by atoms with E-state index in [9.17, 15) is 14.7 Å². The molecule has 0 saturated carbocycles. The molecule has 0 radical (unpaired) electrons. The van der Waals surface area contributed by atoms with Crippen LogP contribution in [0.25, 0.3) is 0 Å². The topological polar surface area (TPSA) is 72.8 Å². The molecule has 0 spiro atoms. The van der Waals surface area contributed by atoms with E-state index < -0.39 is 6.10 Å². The van der Waals surface area contributed by atoms with E-state index in [0.29, 0.717) is 12.8 Å². The number of carbonyl (C=O) groups excluding carboxylic acids is 2. The van der Waals surface area contributed by atoms with E-state index in [1.165, 1.54) is 70.6 Å². The van der Waals surface area contributed by atoms with Crippen LogP contribution in [-0.4, -0.2) is 36.4 Å². The van der Waals surface area contributed by atoms with E-state index in [1.54, 1.807) is 0 Å². The molecule has 0 aliphatic rings. The van der Waals surface area contributed by atoms with Gasteiger partial charge in [0.05, 0.1) is 6.61 Å². The first kappa shape index (κ1) is 31.9. The molecule has 1 unspecified atom stereocenters. The summed E-state index contributed by atoms with van der Waals surface area (Å²) < 4.78 is 10.5. The van der Waals surface area contributed by atoms with Gasteiger partial charge in [-0.2, -0.15) is 0 Å². The van der Waals surface area contributed by atoms with Crippen molar-refractivity contribution in [3.63, 3.8) is 0 Å². The van der Waals surface area contributed by atoms with Gasteiger partial charge in [-0.1, -0.05) is 117 Å². The average molecular weight is 471 g/mol. The molecule has 0 rings (SSSR count). The third-order valence-corrected chi connectivity index (χ3v) is 6.44. The third-order valence-electron chi connectivity index (χ3n) is 6.44. The van der Waals surface area contributed by atoms with E-state index >= 15 is 0 Å². The fraction of sp³-hybridized carbons (Fsp3) is 0.929. The highest BCUT2D eigenvalue weighted by molar-refractivity contribution is 5.70. The zero-order valence-electron chi connectivity index (χ0n) is 22.1. The standard InChI is InChI=1S/C28H54O5/c1-4-6-7-8-9-10-11-15-18-21-27(30)32-24-26(23-29)33-28(31)22-19-16-13-12-14-17-20-25(3)5-2/h25-26,29H,4-24H2,1-3H3/t25?,26-/m0/s1. The summed E-state index contributed by atoms with van der Waals surface area (Å²) in [6.45, 7) is 6.39. The van der Waals surface area contributed by atoms with E-state index in [1.807, 2.05) is 0 Å². The molecule has 0 heterocycles. The van der Waals surface area contributed by atoms with Crippen molar-refractivity contribution in [1.82, 2.24) is 0 Å². The smallest absolute Gasteiger partial charge is 0.306 e. The molecule has 0 aromatic heterocycles. The van der Waals surface area contributed by atoms with Gasteiger partial charge in [0.25, 0.3) is 0 Å². The van der Waals surface area contributed by atoms with Crippen LogP contribution in [0.2, 0.25) is 0 Å². The van der Waals surface area contributed by atoms with Gasteiger partial charge in [-0.3, -0.25) is 9.59 Å². The number of unbranched alkanes of at least 4 members (excludes halogenated alkanes) is 13. The third kappa shape index (κ3) is 22.5. The van der Waals surface area contributed by atoms with Gasteiger partial charge in [-0.05, 0) is 18.8 Å². The van der Waals surface area contributed by atoms with Gasteiger partial charge >= 0.3 is 11.9 Å². The lowest BCUT2D eigenvalue weighted by atomic mass is 10.00. The second-order valence-electron chi connectivity index (χ2n) is 9.73. The predicted molar refractivity (Wildman–Crippen MR) is 136 cm³/mol. The lowest BCUT2D eigenvalue weighted by Gasteiger charge is -2.15. The van der Waals surface area contributed by atoms with Gasteiger partial charge in [-0.15, -0.1) is 0 Å². The molecule has 1 N–H and O–H groups in total. The van der Waals surface area contributed by atoms with Gasteiger partial charge < -0.3 is 14.6 Å². The summed E-state index contributed by atoms with van der Waals surface area (Å²) in [5.74, 6) is 0.231. The number of ether oxygens (including phenoxy) is 2. The van der Waals surface area contributed by atoms with Crippen molar-refractivity contribution in [2.45, 2.75) is 149 Å². The molecule has 0 fully saturated rings. The van der Waals surface area contributed by atoms with Crippen molar-refractivity contribution >= 4 is 11.9 Å². The zero-order chi connectivity index (χ0) is 24.6. The first-order valence-corrected chi connectivity index (χ1v) is 14.0. The van der Waals surface area contributed by atoms with Crippen molar-refractivity contribution in [1.29, 1.82) is 0 Å². The predicted octanol–water partition coefficient (Wildman–Crippen LogP) is 7.52. The van der Waals surface area contributed by atoms with Crippen molar-refractivity contribution < 1.29 is 24.2 Å². The Hall–Kier alpha value is -1.10. The normalized spacial score (nSPS) is 13.0. The number of esters is 2. The molecule has 0 bridgehead atoms.